The SMILES string of the molecule is CC(C)c1cc(-c2ccccc2)cc(C(C)C)c1-n1c2ccccc2[n+]2c3c(c4cc5sc6ccc(-c7ccccc7)cc6c5cc4c12)C1c2ccccc2-c2cc(CC4CCCCC4)c([Si](C)(C)C)c[n+]2C1C3. The Morgan fingerprint density at radius 1 is 0.608 bits per heavy atom. The third-order valence-electron chi connectivity index (χ3n) is 17.6. The molecule has 2 aliphatic carbocycles. The first kappa shape index (κ1) is 45.9. The van der Waals surface area contributed by atoms with E-state index in [4.69, 9.17) is 0 Å². The molecule has 1 saturated carbocycles. The van der Waals surface area contributed by atoms with Crippen molar-refractivity contribution >= 4 is 72.2 Å². The third kappa shape index (κ3) is 7.16. The fraction of sp³-hybridized carbons (Fsp3) is 0.275. The van der Waals surface area contributed by atoms with E-state index >= 15 is 0 Å². The molecule has 0 amide bonds. The van der Waals surface area contributed by atoms with Crippen LogP contribution in [0.15, 0.2) is 164 Å². The highest BCUT2D eigenvalue weighted by molar-refractivity contribution is 7.25. The lowest BCUT2D eigenvalue weighted by molar-refractivity contribution is -0.715. The first-order chi connectivity index (χ1) is 36.0. The molecule has 14 rings (SSSR count). The van der Waals surface area contributed by atoms with E-state index in [1.807, 2.05) is 11.3 Å². The second-order valence-electron chi connectivity index (χ2n) is 23.9. The monoisotopic (exact) mass is 997 g/mol. The molecule has 74 heavy (non-hydrogen) atoms. The number of fused-ring (bicyclic) bond motifs is 18. The van der Waals surface area contributed by atoms with Gasteiger partial charge in [-0.3, -0.25) is 0 Å². The maximum Gasteiger partial charge on any atom is 0.300 e. The largest absolute Gasteiger partial charge is 0.300 e. The number of hydrogen-bond donors (Lipinski definition) is 0. The number of hydrogen-bond acceptors (Lipinski definition) is 1. The summed E-state index contributed by atoms with van der Waals surface area (Å²) in [6.45, 7) is 17.3. The smallest absolute Gasteiger partial charge is 0.194 e. The topological polar surface area (TPSA) is 12.9 Å². The van der Waals surface area contributed by atoms with Crippen LogP contribution in [-0.4, -0.2) is 12.6 Å². The molecule has 5 heterocycles. The van der Waals surface area contributed by atoms with Crippen LogP contribution < -0.4 is 14.2 Å². The molecular formula is C69H67N3SSi+2. The van der Waals surface area contributed by atoms with Gasteiger partial charge in [-0.1, -0.05) is 177 Å². The van der Waals surface area contributed by atoms with E-state index in [9.17, 15) is 0 Å². The van der Waals surface area contributed by atoms with Gasteiger partial charge < -0.3 is 0 Å². The zero-order chi connectivity index (χ0) is 50.1. The van der Waals surface area contributed by atoms with Crippen molar-refractivity contribution in [3.63, 3.8) is 0 Å². The van der Waals surface area contributed by atoms with Crippen LogP contribution >= 0.6 is 11.3 Å². The molecule has 0 spiro atoms. The summed E-state index contributed by atoms with van der Waals surface area (Å²) in [7, 11) is -1.75. The van der Waals surface area contributed by atoms with Crippen molar-refractivity contribution in [3.05, 3.63) is 197 Å². The molecule has 11 aromatic rings. The summed E-state index contributed by atoms with van der Waals surface area (Å²) in [6, 6.07) is 61.2. The van der Waals surface area contributed by atoms with E-state index < -0.39 is 8.07 Å². The maximum atomic E-state index is 2.81. The van der Waals surface area contributed by atoms with Crippen LogP contribution in [0.4, 0.5) is 0 Å². The normalized spacial score (nSPS) is 16.8. The Morgan fingerprint density at radius 2 is 1.27 bits per heavy atom. The number of para-hydroxylation sites is 2. The average Bonchev–Trinajstić information content (AvgIpc) is 4.13. The van der Waals surface area contributed by atoms with Crippen molar-refractivity contribution in [1.82, 2.24) is 4.57 Å². The first-order valence-electron chi connectivity index (χ1n) is 27.8. The summed E-state index contributed by atoms with van der Waals surface area (Å²) in [5.41, 5.74) is 21.9. The number of benzene rings is 7. The Labute approximate surface area is 441 Å². The first-order valence-corrected chi connectivity index (χ1v) is 32.1. The Hall–Kier alpha value is -6.66. The molecule has 1 fully saturated rings. The minimum Gasteiger partial charge on any atom is -0.194 e. The highest BCUT2D eigenvalue weighted by Crippen LogP contribution is 2.53. The molecule has 3 nitrogen and oxygen atoms in total. The van der Waals surface area contributed by atoms with Gasteiger partial charge >= 0.3 is 5.65 Å². The predicted octanol–water partition coefficient (Wildman–Crippen LogP) is 17.3. The highest BCUT2D eigenvalue weighted by Gasteiger charge is 2.51. The van der Waals surface area contributed by atoms with Crippen LogP contribution in [-0.2, 0) is 12.8 Å². The molecular weight excluding hydrogens is 931 g/mol. The van der Waals surface area contributed by atoms with Gasteiger partial charge in [0.05, 0.1) is 31.4 Å². The van der Waals surface area contributed by atoms with Gasteiger partial charge in [0.2, 0.25) is 5.69 Å². The molecule has 0 radical (unpaired) electrons. The van der Waals surface area contributed by atoms with Crippen LogP contribution in [0.5, 0.6) is 0 Å². The van der Waals surface area contributed by atoms with Crippen molar-refractivity contribution in [2.75, 3.05) is 0 Å². The summed E-state index contributed by atoms with van der Waals surface area (Å²) in [6.07, 6.45) is 11.8. The molecule has 2 unspecified atom stereocenters. The van der Waals surface area contributed by atoms with Gasteiger partial charge in [-0.2, -0.15) is 13.5 Å². The quantitative estimate of drug-likeness (QED) is 0.106. The summed E-state index contributed by atoms with van der Waals surface area (Å²) in [5, 5.41) is 7.05. The molecule has 0 N–H and O–H groups in total. The van der Waals surface area contributed by atoms with E-state index in [1.54, 1.807) is 10.8 Å². The number of imidazole rings is 1. The number of thiophene rings is 1. The van der Waals surface area contributed by atoms with Gasteiger partial charge in [0.25, 0.3) is 0 Å². The molecule has 5 heteroatoms. The number of rotatable bonds is 8. The lowest BCUT2D eigenvalue weighted by Gasteiger charge is -2.30. The van der Waals surface area contributed by atoms with Gasteiger partial charge in [0.15, 0.2) is 23.3 Å². The number of nitrogens with zero attached hydrogens (tertiary/aromatic N) is 3. The summed E-state index contributed by atoms with van der Waals surface area (Å²) < 4.78 is 11.0. The summed E-state index contributed by atoms with van der Waals surface area (Å²) in [4.78, 5) is 0. The van der Waals surface area contributed by atoms with Crippen molar-refractivity contribution in [2.24, 2.45) is 5.92 Å². The molecule has 7 aromatic carbocycles. The van der Waals surface area contributed by atoms with Crippen LogP contribution in [0.25, 0.3) is 86.8 Å². The lowest BCUT2D eigenvalue weighted by Crippen LogP contribution is -2.53. The maximum absolute atomic E-state index is 2.81. The fourth-order valence-corrected chi connectivity index (χ4v) is 16.9. The standard InChI is InChI=1S/C69H67N3SSi/c1-42(2)52-35-48(46-25-15-10-16-26-46)36-53(43(3)4)68(52)72-59-30-20-19-29-58(59)71-62-40-61-66(51-28-18-17-27-50(51)60-37-49(33-44-21-11-8-12-22-44)65(41-70(60)61)74(5,6)7)67(62)56-39-64-55(38-57(56)69(71)72)54-34-47(31-32-63(54)73-64)45-23-13-9-14-24-45/h9-10,13-20,23-32,34-39,41-44,61,66H,8,11-12,21-22,33,40H2,1-7H3/q+2. The fourth-order valence-electron chi connectivity index (χ4n) is 14.2. The predicted molar refractivity (Wildman–Crippen MR) is 316 cm³/mol. The van der Waals surface area contributed by atoms with Gasteiger partial charge in [-0.15, -0.1) is 11.3 Å². The van der Waals surface area contributed by atoms with Gasteiger partial charge in [0, 0.05) is 48.1 Å². The van der Waals surface area contributed by atoms with E-state index in [0.717, 1.165) is 12.3 Å². The van der Waals surface area contributed by atoms with Crippen LogP contribution in [0.1, 0.15) is 117 Å². The lowest BCUT2D eigenvalue weighted by atomic mass is 9.80. The van der Waals surface area contributed by atoms with Gasteiger partial charge in [-0.25, -0.2) is 0 Å². The molecule has 0 saturated heterocycles. The highest BCUT2D eigenvalue weighted by atomic mass is 32.1. The number of aromatic nitrogens is 3. The minimum atomic E-state index is -1.75. The second-order valence-corrected chi connectivity index (χ2v) is 30.0. The van der Waals surface area contributed by atoms with E-state index in [0.29, 0.717) is 0 Å². The Morgan fingerprint density at radius 3 is 1.99 bits per heavy atom. The Kier molecular flexibility index (Phi) is 10.8. The van der Waals surface area contributed by atoms with Crippen LogP contribution in [0.2, 0.25) is 19.6 Å². The molecule has 1 aliphatic heterocycles. The van der Waals surface area contributed by atoms with Crippen molar-refractivity contribution < 1.29 is 8.97 Å². The van der Waals surface area contributed by atoms with Crippen molar-refractivity contribution in [2.45, 2.75) is 116 Å². The Balaban J connectivity index is 1.11. The minimum absolute atomic E-state index is 0.193. The molecule has 2 atom stereocenters. The van der Waals surface area contributed by atoms with E-state index in [1.165, 1.54) is 153 Å². The molecule has 3 aliphatic rings. The average molecular weight is 998 g/mol. The second kappa shape index (κ2) is 17.5. The Bertz CT molecular complexity index is 4020. The van der Waals surface area contributed by atoms with Crippen molar-refractivity contribution in [3.8, 4) is 39.2 Å². The van der Waals surface area contributed by atoms with Crippen LogP contribution in [0, 0.1) is 5.92 Å². The van der Waals surface area contributed by atoms with Crippen LogP contribution in [0.3, 0.4) is 0 Å². The molecule has 4 aromatic heterocycles. The zero-order valence-corrected chi connectivity index (χ0v) is 46.0. The zero-order valence-electron chi connectivity index (χ0n) is 44.2. The van der Waals surface area contributed by atoms with Gasteiger partial charge in [-0.05, 0) is 118 Å². The van der Waals surface area contributed by atoms with E-state index in [-0.39, 0.29) is 23.8 Å². The van der Waals surface area contributed by atoms with Crippen molar-refractivity contribution in [1.29, 1.82) is 0 Å². The molecule has 0 bridgehead atoms. The molecule has 366 valence electrons. The number of pyridine rings is 2. The van der Waals surface area contributed by atoms with Gasteiger partial charge in [0.1, 0.15) is 11.4 Å². The van der Waals surface area contributed by atoms with E-state index in [2.05, 4.69) is 225 Å². The summed E-state index contributed by atoms with van der Waals surface area (Å²) >= 11 is 1.96. The third-order valence-corrected chi connectivity index (χ3v) is 20.8. The summed E-state index contributed by atoms with van der Waals surface area (Å²) in [5.74, 6) is 1.55.